The third-order valence-corrected chi connectivity index (χ3v) is 4.75. The van der Waals surface area contributed by atoms with Crippen LogP contribution in [0.3, 0.4) is 0 Å². The van der Waals surface area contributed by atoms with E-state index in [1.807, 2.05) is 35.2 Å². The monoisotopic (exact) mass is 343 g/mol. The Balaban J connectivity index is 1.79. The molecule has 6 nitrogen and oxygen atoms in total. The molecule has 2 heterocycles. The molecule has 1 aliphatic heterocycles. The van der Waals surface area contributed by atoms with E-state index in [2.05, 4.69) is 27.4 Å². The normalized spacial score (nSPS) is 13.5. The molecule has 1 aliphatic rings. The van der Waals surface area contributed by atoms with Crippen LogP contribution in [0.25, 0.3) is 0 Å². The molecule has 0 aliphatic carbocycles. The van der Waals surface area contributed by atoms with Crippen LogP contribution in [-0.2, 0) is 6.42 Å². The van der Waals surface area contributed by atoms with Crippen LogP contribution in [0.2, 0.25) is 0 Å². The highest BCUT2D eigenvalue weighted by atomic mass is 32.1. The first kappa shape index (κ1) is 16.6. The highest BCUT2D eigenvalue weighted by molar-refractivity contribution is 7.15. The van der Waals surface area contributed by atoms with E-state index in [0.717, 1.165) is 35.9 Å². The summed E-state index contributed by atoms with van der Waals surface area (Å²) in [5.41, 5.74) is 0.691. The Kier molecular flexibility index (Phi) is 5.53. The van der Waals surface area contributed by atoms with Gasteiger partial charge in [0.1, 0.15) is 5.01 Å². The zero-order valence-electron chi connectivity index (χ0n) is 13.7. The van der Waals surface area contributed by atoms with Gasteiger partial charge in [-0.1, -0.05) is 55.0 Å². The van der Waals surface area contributed by atoms with Gasteiger partial charge in [0.05, 0.1) is 13.1 Å². The number of benzene rings is 1. The number of aromatic nitrogens is 2. The summed E-state index contributed by atoms with van der Waals surface area (Å²) in [6.07, 6.45) is 3.14. The van der Waals surface area contributed by atoms with Gasteiger partial charge in [-0.25, -0.2) is 0 Å². The second kappa shape index (κ2) is 8.01. The number of anilines is 1. The average molecular weight is 343 g/mol. The molecular weight excluding hydrogens is 322 g/mol. The standard InChI is InChI=1S/C17H21N5OS/c1-2-3-9-15-20-21-17(24-15)22(16-18-10-11-19-16)12-14(23)13-7-5-4-6-8-13/h4-8H,2-3,9-12H2,1H3,(H,18,19). The SMILES string of the molecule is CCCCc1nnc(N(CC(=O)c2ccccc2)C2=NCCN2)s1. The maximum atomic E-state index is 12.6. The summed E-state index contributed by atoms with van der Waals surface area (Å²) in [6, 6.07) is 9.31. The minimum Gasteiger partial charge on any atom is -0.354 e. The predicted molar refractivity (Wildman–Crippen MR) is 96.9 cm³/mol. The minimum absolute atomic E-state index is 0.0392. The van der Waals surface area contributed by atoms with Crippen LogP contribution in [0, 0.1) is 0 Å². The number of nitrogens with zero attached hydrogens (tertiary/aromatic N) is 4. The number of rotatable bonds is 7. The van der Waals surface area contributed by atoms with Gasteiger partial charge in [-0.15, -0.1) is 10.2 Å². The zero-order chi connectivity index (χ0) is 16.8. The fraction of sp³-hybridized carbons (Fsp3) is 0.412. The number of nitrogens with one attached hydrogen (secondary N) is 1. The Hall–Kier alpha value is -2.28. The molecule has 0 atom stereocenters. The number of aryl methyl sites for hydroxylation is 1. The van der Waals surface area contributed by atoms with Crippen LogP contribution >= 0.6 is 11.3 Å². The zero-order valence-corrected chi connectivity index (χ0v) is 14.6. The fourth-order valence-corrected chi connectivity index (χ4v) is 3.32. The van der Waals surface area contributed by atoms with Crippen molar-refractivity contribution in [3.63, 3.8) is 0 Å². The van der Waals surface area contributed by atoms with Crippen LogP contribution in [0.1, 0.15) is 35.1 Å². The summed E-state index contributed by atoms with van der Waals surface area (Å²) in [7, 11) is 0. The van der Waals surface area contributed by atoms with Crippen molar-refractivity contribution in [3.8, 4) is 0 Å². The maximum absolute atomic E-state index is 12.6. The van der Waals surface area contributed by atoms with E-state index in [9.17, 15) is 4.79 Å². The van der Waals surface area contributed by atoms with Crippen molar-refractivity contribution in [3.05, 3.63) is 40.9 Å². The van der Waals surface area contributed by atoms with Crippen molar-refractivity contribution in [1.29, 1.82) is 0 Å². The topological polar surface area (TPSA) is 70.5 Å². The minimum atomic E-state index is 0.0392. The highest BCUT2D eigenvalue weighted by Gasteiger charge is 2.23. The predicted octanol–water partition coefficient (Wildman–Crippen LogP) is 2.53. The number of unbranched alkanes of at least 4 members (excludes halogenated alkanes) is 1. The lowest BCUT2D eigenvalue weighted by Crippen LogP contribution is -2.42. The number of hydrogen-bond donors (Lipinski definition) is 1. The van der Waals surface area contributed by atoms with E-state index in [-0.39, 0.29) is 12.3 Å². The van der Waals surface area contributed by atoms with Crippen LogP contribution in [0.15, 0.2) is 35.3 Å². The van der Waals surface area contributed by atoms with Crippen molar-refractivity contribution in [2.75, 3.05) is 24.5 Å². The number of carbonyl (C=O) groups is 1. The molecule has 0 spiro atoms. The van der Waals surface area contributed by atoms with Crippen molar-refractivity contribution < 1.29 is 4.79 Å². The molecule has 126 valence electrons. The molecule has 0 amide bonds. The summed E-state index contributed by atoms with van der Waals surface area (Å²) < 4.78 is 0. The van der Waals surface area contributed by atoms with Gasteiger partial charge < -0.3 is 5.32 Å². The van der Waals surface area contributed by atoms with Gasteiger partial charge in [0.15, 0.2) is 5.78 Å². The molecule has 1 N–H and O–H groups in total. The van der Waals surface area contributed by atoms with Gasteiger partial charge in [0.25, 0.3) is 0 Å². The molecule has 0 unspecified atom stereocenters. The van der Waals surface area contributed by atoms with Crippen molar-refractivity contribution in [1.82, 2.24) is 15.5 Å². The van der Waals surface area contributed by atoms with Gasteiger partial charge >= 0.3 is 0 Å². The van der Waals surface area contributed by atoms with Crippen molar-refractivity contribution >= 4 is 28.2 Å². The maximum Gasteiger partial charge on any atom is 0.215 e. The van der Waals surface area contributed by atoms with Crippen LogP contribution < -0.4 is 10.2 Å². The summed E-state index contributed by atoms with van der Waals surface area (Å²) >= 11 is 1.54. The third kappa shape index (κ3) is 3.97. The molecular formula is C17H21N5OS. The number of aliphatic imine (C=N–C) groups is 1. The first-order valence-corrected chi connectivity index (χ1v) is 9.06. The summed E-state index contributed by atoms with van der Waals surface area (Å²) in [5, 5.41) is 13.5. The van der Waals surface area contributed by atoms with Crippen LogP contribution in [0.5, 0.6) is 0 Å². The van der Waals surface area contributed by atoms with Gasteiger partial charge in [0.2, 0.25) is 11.1 Å². The molecule has 0 saturated heterocycles. The Morgan fingerprint density at radius 1 is 1.29 bits per heavy atom. The van der Waals surface area contributed by atoms with Crippen LogP contribution in [0.4, 0.5) is 5.13 Å². The van der Waals surface area contributed by atoms with E-state index in [1.165, 1.54) is 11.3 Å². The molecule has 0 saturated carbocycles. The Bertz CT molecular complexity index is 713. The first-order chi connectivity index (χ1) is 11.8. The van der Waals surface area contributed by atoms with E-state index < -0.39 is 0 Å². The molecule has 3 rings (SSSR count). The van der Waals surface area contributed by atoms with E-state index in [1.54, 1.807) is 0 Å². The number of guanidine groups is 1. The molecule has 0 fully saturated rings. The summed E-state index contributed by atoms with van der Waals surface area (Å²) in [6.45, 7) is 3.86. The lowest BCUT2D eigenvalue weighted by molar-refractivity contribution is 0.100. The average Bonchev–Trinajstić information content (AvgIpc) is 3.30. The van der Waals surface area contributed by atoms with E-state index in [0.29, 0.717) is 18.1 Å². The summed E-state index contributed by atoms with van der Waals surface area (Å²) in [5.74, 6) is 0.745. The van der Waals surface area contributed by atoms with E-state index >= 15 is 0 Å². The highest BCUT2D eigenvalue weighted by Crippen LogP contribution is 2.22. The molecule has 1 aromatic carbocycles. The Morgan fingerprint density at radius 2 is 2.12 bits per heavy atom. The third-order valence-electron chi connectivity index (χ3n) is 3.74. The largest absolute Gasteiger partial charge is 0.354 e. The molecule has 0 radical (unpaired) electrons. The quantitative estimate of drug-likeness (QED) is 0.782. The van der Waals surface area contributed by atoms with Crippen molar-refractivity contribution in [2.45, 2.75) is 26.2 Å². The molecule has 7 heteroatoms. The van der Waals surface area contributed by atoms with Gasteiger partial charge in [-0.05, 0) is 6.42 Å². The number of hydrogen-bond acceptors (Lipinski definition) is 7. The van der Waals surface area contributed by atoms with Crippen molar-refractivity contribution in [2.24, 2.45) is 4.99 Å². The number of carbonyl (C=O) groups excluding carboxylic acids is 1. The Labute approximate surface area is 145 Å². The molecule has 1 aromatic heterocycles. The summed E-state index contributed by atoms with van der Waals surface area (Å²) in [4.78, 5) is 18.9. The molecule has 0 bridgehead atoms. The van der Waals surface area contributed by atoms with Crippen LogP contribution in [-0.4, -0.2) is 41.6 Å². The van der Waals surface area contributed by atoms with Gasteiger partial charge in [-0.2, -0.15) is 0 Å². The second-order valence-corrected chi connectivity index (χ2v) is 6.63. The fourth-order valence-electron chi connectivity index (χ4n) is 2.44. The second-order valence-electron chi connectivity index (χ2n) is 5.59. The van der Waals surface area contributed by atoms with Gasteiger partial charge in [0, 0.05) is 18.5 Å². The number of ketones is 1. The lowest BCUT2D eigenvalue weighted by Gasteiger charge is -2.20. The first-order valence-electron chi connectivity index (χ1n) is 8.24. The lowest BCUT2D eigenvalue weighted by atomic mass is 10.1. The van der Waals surface area contributed by atoms with E-state index in [4.69, 9.17) is 0 Å². The van der Waals surface area contributed by atoms with Gasteiger partial charge in [-0.3, -0.25) is 14.7 Å². The molecule has 2 aromatic rings. The number of Topliss-reactive ketones (excluding diaryl/α,β-unsaturated/α-hetero) is 1. The Morgan fingerprint density at radius 3 is 2.83 bits per heavy atom. The molecule has 24 heavy (non-hydrogen) atoms. The smallest absolute Gasteiger partial charge is 0.215 e.